The van der Waals surface area contributed by atoms with E-state index in [4.69, 9.17) is 9.15 Å². The summed E-state index contributed by atoms with van der Waals surface area (Å²) in [6.45, 7) is 0.707. The number of aromatic nitrogens is 2. The molecular formula is C22H16F3IN4O2. The molecule has 0 saturated carbocycles. The summed E-state index contributed by atoms with van der Waals surface area (Å²) in [5.41, 5.74) is -0.247. The number of hydrogen-bond donors (Lipinski definition) is 2. The summed E-state index contributed by atoms with van der Waals surface area (Å²) in [5, 5.41) is 13.2. The molecule has 0 saturated heterocycles. The van der Waals surface area contributed by atoms with Gasteiger partial charge in [0.15, 0.2) is 11.6 Å². The van der Waals surface area contributed by atoms with Gasteiger partial charge in [-0.1, -0.05) is 23.3 Å². The summed E-state index contributed by atoms with van der Waals surface area (Å²) >= 11 is 1.95. The van der Waals surface area contributed by atoms with Gasteiger partial charge in [-0.05, 0) is 65.1 Å². The van der Waals surface area contributed by atoms with Crippen molar-refractivity contribution in [3.05, 3.63) is 81.7 Å². The second-order valence-electron chi connectivity index (χ2n) is 6.53. The van der Waals surface area contributed by atoms with Crippen LogP contribution in [-0.4, -0.2) is 23.3 Å². The van der Waals surface area contributed by atoms with E-state index >= 15 is 0 Å². The Kier molecular flexibility index (Phi) is 6.78. The van der Waals surface area contributed by atoms with E-state index in [1.165, 1.54) is 18.2 Å². The fourth-order valence-corrected chi connectivity index (χ4v) is 3.28. The zero-order valence-electron chi connectivity index (χ0n) is 16.4. The predicted octanol–water partition coefficient (Wildman–Crippen LogP) is 5.99. The SMILES string of the molecule is Fc1cc(I)ccc1Nc1c(-c2nnc(NCCOc3ccccc3)o2)ccc(F)c1F. The summed E-state index contributed by atoms with van der Waals surface area (Å²) in [5.74, 6) is -2.25. The van der Waals surface area contributed by atoms with Crippen molar-refractivity contribution in [3.8, 4) is 17.2 Å². The standard InChI is InChI=1S/C22H16F3IN4O2/c23-16-8-7-15(20(19(16)25)28-18-9-6-13(26)12-17(18)24)21-29-30-22(32-21)27-10-11-31-14-4-2-1-3-5-14/h1-9,12,28H,10-11H2,(H,27,30). The molecule has 6 nitrogen and oxygen atoms in total. The maximum Gasteiger partial charge on any atom is 0.315 e. The lowest BCUT2D eigenvalue weighted by Gasteiger charge is -2.12. The molecule has 3 aromatic carbocycles. The Balaban J connectivity index is 1.50. The average molecular weight is 552 g/mol. The van der Waals surface area contributed by atoms with Gasteiger partial charge in [0.2, 0.25) is 0 Å². The van der Waals surface area contributed by atoms with Crippen LogP contribution < -0.4 is 15.4 Å². The third-order valence-corrected chi connectivity index (χ3v) is 5.00. The van der Waals surface area contributed by atoms with Crippen LogP contribution in [0.2, 0.25) is 0 Å². The van der Waals surface area contributed by atoms with Crippen molar-refractivity contribution in [3.63, 3.8) is 0 Å². The number of ether oxygens (including phenoxy) is 1. The minimum absolute atomic E-state index is 0.0212. The van der Waals surface area contributed by atoms with E-state index in [0.717, 1.165) is 11.8 Å². The first kappa shape index (κ1) is 21.9. The van der Waals surface area contributed by atoms with Crippen LogP contribution in [0.1, 0.15) is 0 Å². The number of hydrogen-bond acceptors (Lipinski definition) is 6. The molecule has 0 amide bonds. The Morgan fingerprint density at radius 2 is 1.75 bits per heavy atom. The summed E-state index contributed by atoms with van der Waals surface area (Å²) < 4.78 is 54.5. The van der Waals surface area contributed by atoms with Gasteiger partial charge in [-0.2, -0.15) is 0 Å². The Hall–Kier alpha value is -3.28. The number of para-hydroxylation sites is 1. The van der Waals surface area contributed by atoms with Gasteiger partial charge in [-0.25, -0.2) is 13.2 Å². The minimum atomic E-state index is -1.19. The van der Waals surface area contributed by atoms with E-state index < -0.39 is 17.5 Å². The first-order valence-corrected chi connectivity index (χ1v) is 10.5. The summed E-state index contributed by atoms with van der Waals surface area (Å²) in [6.07, 6.45) is 0. The van der Waals surface area contributed by atoms with Gasteiger partial charge < -0.3 is 19.8 Å². The second kappa shape index (κ2) is 9.90. The Labute approximate surface area is 195 Å². The number of anilines is 3. The van der Waals surface area contributed by atoms with Crippen LogP contribution in [-0.2, 0) is 0 Å². The van der Waals surface area contributed by atoms with Gasteiger partial charge in [-0.15, -0.1) is 5.10 Å². The van der Waals surface area contributed by atoms with E-state index in [-0.39, 0.29) is 28.8 Å². The highest BCUT2D eigenvalue weighted by molar-refractivity contribution is 14.1. The summed E-state index contributed by atoms with van der Waals surface area (Å²) in [6, 6.07) is 15.9. The first-order chi connectivity index (χ1) is 15.5. The molecule has 0 fully saturated rings. The Bertz CT molecular complexity index is 1220. The van der Waals surface area contributed by atoms with Crippen molar-refractivity contribution < 1.29 is 22.3 Å². The van der Waals surface area contributed by atoms with Gasteiger partial charge in [0.05, 0.1) is 23.5 Å². The third kappa shape index (κ3) is 5.13. The largest absolute Gasteiger partial charge is 0.492 e. The van der Waals surface area contributed by atoms with Gasteiger partial charge in [0, 0.05) is 3.57 Å². The van der Waals surface area contributed by atoms with E-state index in [1.807, 2.05) is 52.9 Å². The number of halogens is 4. The van der Waals surface area contributed by atoms with E-state index in [0.29, 0.717) is 16.7 Å². The number of nitrogens with one attached hydrogen (secondary N) is 2. The highest BCUT2D eigenvalue weighted by Crippen LogP contribution is 2.34. The van der Waals surface area contributed by atoms with Crippen LogP contribution in [0, 0.1) is 21.0 Å². The van der Waals surface area contributed by atoms with Crippen molar-refractivity contribution in [2.24, 2.45) is 0 Å². The minimum Gasteiger partial charge on any atom is -0.492 e. The van der Waals surface area contributed by atoms with Crippen molar-refractivity contribution in [2.45, 2.75) is 0 Å². The molecule has 0 aliphatic heterocycles. The molecule has 32 heavy (non-hydrogen) atoms. The van der Waals surface area contributed by atoms with Gasteiger partial charge in [-0.3, -0.25) is 0 Å². The molecule has 1 aromatic heterocycles. The highest BCUT2D eigenvalue weighted by atomic mass is 127. The quantitative estimate of drug-likeness (QED) is 0.207. The summed E-state index contributed by atoms with van der Waals surface area (Å²) in [4.78, 5) is 0. The van der Waals surface area contributed by atoms with Gasteiger partial charge in [0.1, 0.15) is 18.2 Å². The third-order valence-electron chi connectivity index (χ3n) is 4.33. The molecule has 4 aromatic rings. The Morgan fingerprint density at radius 3 is 2.53 bits per heavy atom. The molecule has 0 aliphatic rings. The molecule has 0 spiro atoms. The zero-order chi connectivity index (χ0) is 22.5. The average Bonchev–Trinajstić information content (AvgIpc) is 3.25. The zero-order valence-corrected chi connectivity index (χ0v) is 18.6. The monoisotopic (exact) mass is 552 g/mol. The number of rotatable bonds is 8. The lowest BCUT2D eigenvalue weighted by molar-refractivity contribution is 0.331. The smallest absolute Gasteiger partial charge is 0.315 e. The molecule has 0 aliphatic carbocycles. The van der Waals surface area contributed by atoms with Crippen LogP contribution in [0.4, 0.5) is 30.6 Å². The number of benzene rings is 3. The van der Waals surface area contributed by atoms with E-state index in [9.17, 15) is 13.2 Å². The van der Waals surface area contributed by atoms with Crippen molar-refractivity contribution in [1.82, 2.24) is 10.2 Å². The van der Waals surface area contributed by atoms with Crippen molar-refractivity contribution >= 4 is 40.0 Å². The first-order valence-electron chi connectivity index (χ1n) is 9.47. The van der Waals surface area contributed by atoms with Crippen LogP contribution >= 0.6 is 22.6 Å². The van der Waals surface area contributed by atoms with Crippen molar-refractivity contribution in [1.29, 1.82) is 0 Å². The molecule has 164 valence electrons. The molecule has 10 heteroatoms. The molecule has 0 radical (unpaired) electrons. The lowest BCUT2D eigenvalue weighted by atomic mass is 10.1. The van der Waals surface area contributed by atoms with E-state index in [2.05, 4.69) is 20.8 Å². The highest BCUT2D eigenvalue weighted by Gasteiger charge is 2.20. The maximum absolute atomic E-state index is 14.6. The second-order valence-corrected chi connectivity index (χ2v) is 7.78. The van der Waals surface area contributed by atoms with E-state index in [1.54, 1.807) is 6.07 Å². The van der Waals surface area contributed by atoms with Crippen LogP contribution in [0.3, 0.4) is 0 Å². The predicted molar refractivity (Wildman–Crippen MR) is 122 cm³/mol. The maximum atomic E-state index is 14.6. The molecule has 0 atom stereocenters. The molecule has 0 unspecified atom stereocenters. The van der Waals surface area contributed by atoms with Crippen LogP contribution in [0.15, 0.2) is 65.1 Å². The molecule has 0 bridgehead atoms. The normalized spacial score (nSPS) is 10.8. The fraction of sp³-hybridized carbons (Fsp3) is 0.0909. The number of nitrogens with zero attached hydrogens (tertiary/aromatic N) is 2. The molecule has 1 heterocycles. The van der Waals surface area contributed by atoms with Crippen molar-refractivity contribution in [2.75, 3.05) is 23.8 Å². The van der Waals surface area contributed by atoms with Crippen LogP contribution in [0.25, 0.3) is 11.5 Å². The molecule has 4 rings (SSSR count). The Morgan fingerprint density at radius 1 is 0.938 bits per heavy atom. The lowest BCUT2D eigenvalue weighted by Crippen LogP contribution is -2.11. The summed E-state index contributed by atoms with van der Waals surface area (Å²) in [7, 11) is 0. The molecule has 2 N–H and O–H groups in total. The van der Waals surface area contributed by atoms with Gasteiger partial charge >= 0.3 is 6.01 Å². The fourth-order valence-electron chi connectivity index (χ4n) is 2.82. The topological polar surface area (TPSA) is 72.2 Å². The van der Waals surface area contributed by atoms with Gasteiger partial charge in [0.25, 0.3) is 5.89 Å². The molecular weight excluding hydrogens is 536 g/mol. The van der Waals surface area contributed by atoms with Crippen LogP contribution in [0.5, 0.6) is 5.75 Å².